The van der Waals surface area contributed by atoms with Gasteiger partial charge in [-0.25, -0.2) is 0 Å². The molecule has 18 heavy (non-hydrogen) atoms. The van der Waals surface area contributed by atoms with Crippen molar-refractivity contribution in [2.24, 2.45) is 0 Å². The number of nitrogens with zero attached hydrogens (tertiary/aromatic N) is 1. The fraction of sp³-hybridized carbons (Fsp3) is 0.267. The molecule has 0 atom stereocenters. The zero-order valence-corrected chi connectivity index (χ0v) is 10.4. The van der Waals surface area contributed by atoms with E-state index in [1.807, 2.05) is 18.2 Å². The summed E-state index contributed by atoms with van der Waals surface area (Å²) >= 11 is 0. The molecule has 1 heterocycles. The molecular weight excluding hydrogens is 224 g/mol. The van der Waals surface area contributed by atoms with Gasteiger partial charge < -0.3 is 10.1 Å². The third kappa shape index (κ3) is 4.55. The Bertz CT molecular complexity index is 387. The van der Waals surface area contributed by atoms with Gasteiger partial charge in [-0.1, -0.05) is 30.3 Å². The summed E-state index contributed by atoms with van der Waals surface area (Å²) in [5.74, 6) is 0.834. The molecule has 2 rings (SSSR count). The van der Waals surface area contributed by atoms with Crippen LogP contribution in [0.4, 0.5) is 0 Å². The summed E-state index contributed by atoms with van der Waals surface area (Å²) in [6.45, 7) is 2.58. The van der Waals surface area contributed by atoms with E-state index in [0.29, 0.717) is 6.61 Å². The molecule has 0 unspecified atom stereocenters. The maximum Gasteiger partial charge on any atom is 0.137 e. The molecule has 0 fully saturated rings. The highest BCUT2D eigenvalue weighted by Gasteiger charge is 1.93. The van der Waals surface area contributed by atoms with Crippen molar-refractivity contribution in [3.05, 3.63) is 60.4 Å². The second-order valence-corrected chi connectivity index (χ2v) is 4.05. The van der Waals surface area contributed by atoms with E-state index >= 15 is 0 Å². The Morgan fingerprint density at radius 3 is 2.72 bits per heavy atom. The minimum absolute atomic E-state index is 0.716. The van der Waals surface area contributed by atoms with Crippen LogP contribution in [0.3, 0.4) is 0 Å². The van der Waals surface area contributed by atoms with E-state index in [9.17, 15) is 0 Å². The quantitative estimate of drug-likeness (QED) is 0.758. The highest BCUT2D eigenvalue weighted by molar-refractivity contribution is 5.15. The lowest BCUT2D eigenvalue weighted by Gasteiger charge is -2.06. The first-order valence-electron chi connectivity index (χ1n) is 6.22. The van der Waals surface area contributed by atoms with Crippen LogP contribution in [-0.4, -0.2) is 18.1 Å². The Hall–Kier alpha value is -1.87. The lowest BCUT2D eigenvalue weighted by molar-refractivity contribution is 0.307. The van der Waals surface area contributed by atoms with Crippen LogP contribution in [0.2, 0.25) is 0 Å². The maximum atomic E-state index is 5.56. The van der Waals surface area contributed by atoms with Crippen molar-refractivity contribution in [2.75, 3.05) is 13.2 Å². The molecule has 0 radical (unpaired) electrons. The van der Waals surface area contributed by atoms with Gasteiger partial charge in [0.25, 0.3) is 0 Å². The summed E-state index contributed by atoms with van der Waals surface area (Å²) in [5.41, 5.74) is 1.31. The van der Waals surface area contributed by atoms with Crippen molar-refractivity contribution in [3.63, 3.8) is 0 Å². The summed E-state index contributed by atoms with van der Waals surface area (Å²) in [6, 6.07) is 14.2. The summed E-state index contributed by atoms with van der Waals surface area (Å²) in [4.78, 5) is 4.00. The van der Waals surface area contributed by atoms with E-state index in [1.165, 1.54) is 5.56 Å². The molecule has 0 amide bonds. The molecule has 2 aromatic rings. The average Bonchev–Trinajstić information content (AvgIpc) is 2.45. The molecule has 0 aliphatic carbocycles. The number of benzene rings is 1. The van der Waals surface area contributed by atoms with Crippen LogP contribution < -0.4 is 10.1 Å². The average molecular weight is 242 g/mol. The van der Waals surface area contributed by atoms with Gasteiger partial charge in [-0.2, -0.15) is 0 Å². The highest BCUT2D eigenvalue weighted by atomic mass is 16.5. The predicted molar refractivity (Wildman–Crippen MR) is 72.5 cm³/mol. The molecule has 3 heteroatoms. The lowest BCUT2D eigenvalue weighted by atomic mass is 10.2. The summed E-state index contributed by atoms with van der Waals surface area (Å²) < 4.78 is 5.56. The fourth-order valence-electron chi connectivity index (χ4n) is 1.65. The van der Waals surface area contributed by atoms with Crippen LogP contribution in [0, 0.1) is 0 Å². The molecule has 94 valence electrons. The number of pyridine rings is 1. The Kier molecular flexibility index (Phi) is 5.21. The Morgan fingerprint density at radius 1 is 1.06 bits per heavy atom. The summed E-state index contributed by atoms with van der Waals surface area (Å²) in [6.07, 6.45) is 4.47. The predicted octanol–water partition coefficient (Wildman–Crippen LogP) is 2.64. The number of rotatable bonds is 7. The van der Waals surface area contributed by atoms with Crippen LogP contribution >= 0.6 is 0 Å². The van der Waals surface area contributed by atoms with Gasteiger partial charge in [-0.3, -0.25) is 4.98 Å². The third-order valence-electron chi connectivity index (χ3n) is 2.57. The molecule has 3 nitrogen and oxygen atoms in total. The molecular formula is C15H18N2O. The van der Waals surface area contributed by atoms with Crippen molar-refractivity contribution in [3.8, 4) is 5.75 Å². The standard InChI is InChI=1S/C15H18N2O/c1-2-6-14(7-3-1)12-16-10-5-11-18-15-8-4-9-17-13-15/h1-4,6-9,13,16H,5,10-12H2. The first-order chi connectivity index (χ1) is 8.95. The van der Waals surface area contributed by atoms with Crippen LogP contribution in [0.5, 0.6) is 5.75 Å². The molecule has 0 aliphatic rings. The van der Waals surface area contributed by atoms with E-state index in [4.69, 9.17) is 4.74 Å². The molecule has 0 bridgehead atoms. The monoisotopic (exact) mass is 242 g/mol. The maximum absolute atomic E-state index is 5.56. The second-order valence-electron chi connectivity index (χ2n) is 4.05. The Labute approximate surface area is 108 Å². The normalized spacial score (nSPS) is 10.2. The first-order valence-corrected chi connectivity index (χ1v) is 6.22. The summed E-state index contributed by atoms with van der Waals surface area (Å²) in [7, 11) is 0. The number of ether oxygens (including phenoxy) is 1. The fourth-order valence-corrected chi connectivity index (χ4v) is 1.65. The van der Waals surface area contributed by atoms with Gasteiger partial charge in [-0.05, 0) is 30.7 Å². The van der Waals surface area contributed by atoms with E-state index in [2.05, 4.69) is 34.6 Å². The largest absolute Gasteiger partial charge is 0.492 e. The zero-order chi connectivity index (χ0) is 12.5. The van der Waals surface area contributed by atoms with Gasteiger partial charge in [-0.15, -0.1) is 0 Å². The number of hydrogen-bond donors (Lipinski definition) is 1. The molecule has 0 aliphatic heterocycles. The van der Waals surface area contributed by atoms with Crippen LogP contribution in [0.1, 0.15) is 12.0 Å². The smallest absolute Gasteiger partial charge is 0.137 e. The lowest BCUT2D eigenvalue weighted by Crippen LogP contribution is -2.16. The van der Waals surface area contributed by atoms with E-state index in [1.54, 1.807) is 12.4 Å². The second kappa shape index (κ2) is 7.45. The van der Waals surface area contributed by atoms with E-state index in [-0.39, 0.29) is 0 Å². The number of hydrogen-bond acceptors (Lipinski definition) is 3. The zero-order valence-electron chi connectivity index (χ0n) is 10.4. The molecule has 1 aromatic heterocycles. The van der Waals surface area contributed by atoms with Crippen molar-refractivity contribution in [2.45, 2.75) is 13.0 Å². The molecule has 0 saturated heterocycles. The number of aromatic nitrogens is 1. The van der Waals surface area contributed by atoms with Crippen LogP contribution in [0.15, 0.2) is 54.9 Å². The topological polar surface area (TPSA) is 34.1 Å². The molecule has 0 saturated carbocycles. The van der Waals surface area contributed by atoms with Gasteiger partial charge in [0.15, 0.2) is 0 Å². The van der Waals surface area contributed by atoms with Crippen molar-refractivity contribution in [1.82, 2.24) is 10.3 Å². The molecule has 1 N–H and O–H groups in total. The van der Waals surface area contributed by atoms with Gasteiger partial charge in [0.05, 0.1) is 12.8 Å². The highest BCUT2D eigenvalue weighted by Crippen LogP contribution is 2.05. The van der Waals surface area contributed by atoms with E-state index in [0.717, 1.165) is 25.3 Å². The van der Waals surface area contributed by atoms with Crippen LogP contribution in [0.25, 0.3) is 0 Å². The van der Waals surface area contributed by atoms with Crippen LogP contribution in [-0.2, 0) is 6.54 Å². The van der Waals surface area contributed by atoms with Crippen molar-refractivity contribution in [1.29, 1.82) is 0 Å². The Balaban J connectivity index is 1.54. The van der Waals surface area contributed by atoms with Gasteiger partial charge in [0.1, 0.15) is 5.75 Å². The summed E-state index contributed by atoms with van der Waals surface area (Å²) in [5, 5.41) is 3.39. The third-order valence-corrected chi connectivity index (χ3v) is 2.57. The van der Waals surface area contributed by atoms with Gasteiger partial charge in [0, 0.05) is 12.7 Å². The molecule has 1 aromatic carbocycles. The van der Waals surface area contributed by atoms with E-state index < -0.39 is 0 Å². The Morgan fingerprint density at radius 2 is 1.94 bits per heavy atom. The number of nitrogens with one attached hydrogen (secondary N) is 1. The van der Waals surface area contributed by atoms with Crippen molar-refractivity contribution < 1.29 is 4.74 Å². The van der Waals surface area contributed by atoms with Gasteiger partial charge in [0.2, 0.25) is 0 Å². The van der Waals surface area contributed by atoms with Gasteiger partial charge >= 0.3 is 0 Å². The molecule has 0 spiro atoms. The minimum Gasteiger partial charge on any atom is -0.492 e. The first kappa shape index (κ1) is 12.6. The SMILES string of the molecule is c1ccc(CNCCCOc2cccnc2)cc1. The van der Waals surface area contributed by atoms with Crippen molar-refractivity contribution >= 4 is 0 Å². The minimum atomic E-state index is 0.716.